The molecular weight excluding hydrogens is 304 g/mol. The van der Waals surface area contributed by atoms with Crippen LogP contribution in [0.4, 0.5) is 0 Å². The van der Waals surface area contributed by atoms with Crippen molar-refractivity contribution < 1.29 is 0 Å². The largest absolute Gasteiger partial charge is 0.354 e. The predicted octanol–water partition coefficient (Wildman–Crippen LogP) is 4.79. The lowest BCUT2D eigenvalue weighted by Gasteiger charge is -2.27. The fraction of sp³-hybridized carbons (Fsp3) is 0.304. The lowest BCUT2D eigenvalue weighted by atomic mass is 9.89. The molecule has 1 fully saturated rings. The number of aromatic nitrogens is 1. The highest BCUT2D eigenvalue weighted by Gasteiger charge is 2.25. The number of nitrogens with zero attached hydrogens (tertiary/aromatic N) is 1. The summed E-state index contributed by atoms with van der Waals surface area (Å²) >= 11 is 0. The zero-order valence-electron chi connectivity index (χ0n) is 14.8. The maximum Gasteiger partial charge on any atom is 0.0503 e. The molecule has 126 valence electrons. The molecule has 2 nitrogen and oxygen atoms in total. The van der Waals surface area contributed by atoms with Crippen LogP contribution in [-0.4, -0.2) is 30.0 Å². The Morgan fingerprint density at radius 2 is 1.60 bits per heavy atom. The average molecular weight is 328 g/mol. The number of rotatable bonds is 0. The van der Waals surface area contributed by atoms with Crippen LogP contribution in [0.1, 0.15) is 35.2 Å². The van der Waals surface area contributed by atoms with Crippen molar-refractivity contribution in [3.63, 3.8) is 0 Å². The SMILES string of the molecule is CN1CCC(=C2c3ccccc3CCc3c2[nH]c2ccccc32)CC1. The van der Waals surface area contributed by atoms with E-state index in [1.54, 1.807) is 5.57 Å². The molecule has 1 aromatic heterocycles. The Morgan fingerprint density at radius 3 is 2.48 bits per heavy atom. The first kappa shape index (κ1) is 15.0. The van der Waals surface area contributed by atoms with Crippen LogP contribution in [0.5, 0.6) is 0 Å². The van der Waals surface area contributed by atoms with Gasteiger partial charge in [-0.05, 0) is 55.5 Å². The molecule has 0 atom stereocenters. The monoisotopic (exact) mass is 328 g/mol. The van der Waals surface area contributed by atoms with Gasteiger partial charge < -0.3 is 9.88 Å². The van der Waals surface area contributed by atoms with Gasteiger partial charge >= 0.3 is 0 Å². The molecule has 2 aliphatic rings. The molecule has 3 aromatic rings. The van der Waals surface area contributed by atoms with Gasteiger partial charge in [0.15, 0.2) is 0 Å². The normalized spacial score (nSPS) is 18.1. The summed E-state index contributed by atoms with van der Waals surface area (Å²) in [5, 5.41) is 1.40. The molecule has 0 unspecified atom stereocenters. The summed E-state index contributed by atoms with van der Waals surface area (Å²) in [4.78, 5) is 6.23. The number of aromatic amines is 1. The number of hydrogen-bond acceptors (Lipinski definition) is 1. The van der Waals surface area contributed by atoms with E-state index in [1.165, 1.54) is 51.7 Å². The fourth-order valence-corrected chi connectivity index (χ4v) is 4.56. The zero-order chi connectivity index (χ0) is 16.8. The molecule has 5 rings (SSSR count). The Hall–Kier alpha value is -2.32. The van der Waals surface area contributed by atoms with Crippen molar-refractivity contribution in [1.29, 1.82) is 0 Å². The van der Waals surface area contributed by atoms with Crippen LogP contribution in [0.2, 0.25) is 0 Å². The molecule has 0 bridgehead atoms. The molecule has 2 aromatic carbocycles. The summed E-state index contributed by atoms with van der Waals surface area (Å²) in [6, 6.07) is 17.8. The average Bonchev–Trinajstić information content (AvgIpc) is 2.92. The number of fused-ring (bicyclic) bond motifs is 4. The molecule has 1 N–H and O–H groups in total. The third kappa shape index (κ3) is 2.44. The molecule has 0 amide bonds. The van der Waals surface area contributed by atoms with E-state index in [1.807, 2.05) is 0 Å². The van der Waals surface area contributed by atoms with Crippen LogP contribution >= 0.6 is 0 Å². The zero-order valence-corrected chi connectivity index (χ0v) is 14.8. The third-order valence-corrected chi connectivity index (χ3v) is 5.94. The van der Waals surface area contributed by atoms with Crippen molar-refractivity contribution in [3.05, 3.63) is 76.5 Å². The minimum atomic E-state index is 1.12. The second-order valence-corrected chi connectivity index (χ2v) is 7.46. The van der Waals surface area contributed by atoms with Crippen LogP contribution in [0, 0.1) is 0 Å². The highest BCUT2D eigenvalue weighted by Crippen LogP contribution is 2.40. The number of likely N-dealkylation sites (tertiary alicyclic amines) is 1. The Balaban J connectivity index is 1.79. The summed E-state index contributed by atoms with van der Waals surface area (Å²) in [6.45, 7) is 2.33. The van der Waals surface area contributed by atoms with E-state index in [2.05, 4.69) is 65.5 Å². The van der Waals surface area contributed by atoms with Gasteiger partial charge in [-0.25, -0.2) is 0 Å². The minimum Gasteiger partial charge on any atom is -0.354 e. The van der Waals surface area contributed by atoms with E-state index < -0.39 is 0 Å². The van der Waals surface area contributed by atoms with Crippen molar-refractivity contribution in [2.45, 2.75) is 25.7 Å². The van der Waals surface area contributed by atoms with Crippen LogP contribution in [0.15, 0.2) is 54.1 Å². The molecule has 1 aliphatic carbocycles. The molecule has 1 aliphatic heterocycles. The van der Waals surface area contributed by atoms with Gasteiger partial charge in [0, 0.05) is 29.6 Å². The molecule has 2 heterocycles. The smallest absolute Gasteiger partial charge is 0.0503 e. The Bertz CT molecular complexity index is 967. The Morgan fingerprint density at radius 1 is 0.840 bits per heavy atom. The molecule has 0 spiro atoms. The van der Waals surface area contributed by atoms with Gasteiger partial charge in [-0.3, -0.25) is 0 Å². The molecule has 25 heavy (non-hydrogen) atoms. The van der Waals surface area contributed by atoms with Crippen molar-refractivity contribution in [2.75, 3.05) is 20.1 Å². The highest BCUT2D eigenvalue weighted by molar-refractivity contribution is 5.94. The number of piperidine rings is 1. The number of nitrogens with one attached hydrogen (secondary N) is 1. The first-order valence-corrected chi connectivity index (χ1v) is 9.40. The molecule has 0 radical (unpaired) electrons. The van der Waals surface area contributed by atoms with E-state index in [4.69, 9.17) is 0 Å². The van der Waals surface area contributed by atoms with Gasteiger partial charge in [0.1, 0.15) is 0 Å². The first-order chi connectivity index (χ1) is 12.3. The number of para-hydroxylation sites is 1. The number of benzene rings is 2. The van der Waals surface area contributed by atoms with Crippen molar-refractivity contribution in [3.8, 4) is 0 Å². The molecule has 2 heteroatoms. The molecular formula is C23H24N2. The quantitative estimate of drug-likeness (QED) is 0.628. The second kappa shape index (κ2) is 5.89. The summed E-state index contributed by atoms with van der Waals surface area (Å²) in [5.41, 5.74) is 10.2. The second-order valence-electron chi connectivity index (χ2n) is 7.46. The lowest BCUT2D eigenvalue weighted by molar-refractivity contribution is 0.313. The minimum absolute atomic E-state index is 1.12. The first-order valence-electron chi connectivity index (χ1n) is 9.40. The third-order valence-electron chi connectivity index (χ3n) is 5.94. The fourth-order valence-electron chi connectivity index (χ4n) is 4.56. The Kier molecular flexibility index (Phi) is 3.53. The van der Waals surface area contributed by atoms with Crippen LogP contribution in [-0.2, 0) is 12.8 Å². The van der Waals surface area contributed by atoms with Gasteiger partial charge in [0.25, 0.3) is 0 Å². The van der Waals surface area contributed by atoms with Crippen molar-refractivity contribution in [2.24, 2.45) is 0 Å². The summed E-state index contributed by atoms with van der Waals surface area (Å²) in [6.07, 6.45) is 4.60. The number of hydrogen-bond donors (Lipinski definition) is 1. The van der Waals surface area contributed by atoms with Gasteiger partial charge in [0.05, 0.1) is 5.69 Å². The summed E-state index contributed by atoms with van der Waals surface area (Å²) < 4.78 is 0. The van der Waals surface area contributed by atoms with Crippen LogP contribution < -0.4 is 0 Å². The number of aryl methyl sites for hydroxylation is 2. The maximum absolute atomic E-state index is 3.78. The lowest BCUT2D eigenvalue weighted by Crippen LogP contribution is -2.27. The van der Waals surface area contributed by atoms with Gasteiger partial charge in [-0.2, -0.15) is 0 Å². The van der Waals surface area contributed by atoms with Crippen LogP contribution in [0.25, 0.3) is 16.5 Å². The summed E-state index contributed by atoms with van der Waals surface area (Å²) in [5.74, 6) is 0. The van der Waals surface area contributed by atoms with E-state index in [0.717, 1.165) is 25.9 Å². The molecule has 1 saturated heterocycles. The number of H-pyrrole nitrogens is 1. The standard InChI is InChI=1S/C23H24N2/c1-25-14-12-17(13-15-25)22-18-7-3-2-6-16(18)10-11-20-19-8-4-5-9-21(19)24-23(20)22/h2-9,24H,10-15H2,1H3. The summed E-state index contributed by atoms with van der Waals surface area (Å²) in [7, 11) is 2.23. The van der Waals surface area contributed by atoms with Gasteiger partial charge in [-0.15, -0.1) is 0 Å². The van der Waals surface area contributed by atoms with E-state index in [-0.39, 0.29) is 0 Å². The molecule has 0 saturated carbocycles. The van der Waals surface area contributed by atoms with E-state index in [9.17, 15) is 0 Å². The van der Waals surface area contributed by atoms with Gasteiger partial charge in [0.2, 0.25) is 0 Å². The predicted molar refractivity (Wildman–Crippen MR) is 105 cm³/mol. The van der Waals surface area contributed by atoms with Crippen molar-refractivity contribution in [1.82, 2.24) is 9.88 Å². The van der Waals surface area contributed by atoms with Crippen LogP contribution in [0.3, 0.4) is 0 Å². The Labute approximate surface area is 149 Å². The van der Waals surface area contributed by atoms with E-state index >= 15 is 0 Å². The maximum atomic E-state index is 3.78. The topological polar surface area (TPSA) is 19.0 Å². The van der Waals surface area contributed by atoms with Crippen molar-refractivity contribution >= 4 is 16.5 Å². The van der Waals surface area contributed by atoms with E-state index in [0.29, 0.717) is 0 Å². The highest BCUT2D eigenvalue weighted by atomic mass is 15.1. The van der Waals surface area contributed by atoms with Gasteiger partial charge in [-0.1, -0.05) is 48.0 Å².